The van der Waals surface area contributed by atoms with Crippen LogP contribution in [0.4, 0.5) is 0 Å². The molecule has 0 bridgehead atoms. The molecule has 1 amide bonds. The first-order chi connectivity index (χ1) is 11.1. The fourth-order valence-corrected chi connectivity index (χ4v) is 4.09. The van der Waals surface area contributed by atoms with Crippen LogP contribution in [-0.2, 0) is 6.42 Å². The highest BCUT2D eigenvalue weighted by Crippen LogP contribution is 2.34. The minimum Gasteiger partial charge on any atom is -0.344 e. The molecule has 7 heteroatoms. The SMILES string of the molecule is Cc1ccn2ncc(C(=O)NC3CCCc4nc(C)sc43)c2n1. The maximum Gasteiger partial charge on any atom is 0.257 e. The Balaban J connectivity index is 1.64. The molecule has 23 heavy (non-hydrogen) atoms. The number of hydrogen-bond acceptors (Lipinski definition) is 5. The third kappa shape index (κ3) is 2.50. The van der Waals surface area contributed by atoms with Crippen molar-refractivity contribution in [2.75, 3.05) is 0 Å². The van der Waals surface area contributed by atoms with Crippen LogP contribution in [0.2, 0.25) is 0 Å². The topological polar surface area (TPSA) is 72.2 Å². The number of rotatable bonds is 2. The van der Waals surface area contributed by atoms with E-state index in [1.54, 1.807) is 22.0 Å². The van der Waals surface area contributed by atoms with Crippen LogP contribution >= 0.6 is 11.3 Å². The molecule has 118 valence electrons. The zero-order valence-electron chi connectivity index (χ0n) is 13.0. The summed E-state index contributed by atoms with van der Waals surface area (Å²) in [6, 6.07) is 1.91. The summed E-state index contributed by atoms with van der Waals surface area (Å²) in [6.45, 7) is 3.92. The first-order valence-electron chi connectivity index (χ1n) is 7.70. The molecule has 0 spiro atoms. The normalized spacial score (nSPS) is 17.2. The van der Waals surface area contributed by atoms with Gasteiger partial charge < -0.3 is 5.32 Å². The van der Waals surface area contributed by atoms with Crippen LogP contribution in [0.1, 0.15) is 50.5 Å². The van der Waals surface area contributed by atoms with E-state index >= 15 is 0 Å². The van der Waals surface area contributed by atoms with Gasteiger partial charge in [-0.15, -0.1) is 11.3 Å². The summed E-state index contributed by atoms with van der Waals surface area (Å²) in [5, 5.41) is 8.41. The van der Waals surface area contributed by atoms with Crippen molar-refractivity contribution >= 4 is 22.9 Å². The quantitative estimate of drug-likeness (QED) is 0.785. The Bertz CT molecular complexity index is 897. The maximum atomic E-state index is 12.7. The number of nitrogens with one attached hydrogen (secondary N) is 1. The fourth-order valence-electron chi connectivity index (χ4n) is 3.04. The predicted molar refractivity (Wildman–Crippen MR) is 87.7 cm³/mol. The predicted octanol–water partition coefficient (Wildman–Crippen LogP) is 2.61. The minimum absolute atomic E-state index is 0.0391. The van der Waals surface area contributed by atoms with Crippen molar-refractivity contribution in [2.45, 2.75) is 39.2 Å². The van der Waals surface area contributed by atoms with Gasteiger partial charge in [0.05, 0.1) is 27.8 Å². The number of aryl methyl sites for hydroxylation is 3. The molecule has 1 aliphatic rings. The van der Waals surface area contributed by atoms with E-state index < -0.39 is 0 Å². The third-order valence-corrected chi connectivity index (χ3v) is 5.24. The standard InChI is InChI=1S/C16H17N5OS/c1-9-6-7-21-15(18-9)11(8-17-21)16(22)20-13-5-3-4-12-14(13)23-10(2)19-12/h6-8,13H,3-5H2,1-2H3,(H,20,22). The summed E-state index contributed by atoms with van der Waals surface area (Å²) >= 11 is 1.68. The number of amides is 1. The van der Waals surface area contributed by atoms with Crippen LogP contribution in [0.3, 0.4) is 0 Å². The van der Waals surface area contributed by atoms with Crippen LogP contribution in [0.5, 0.6) is 0 Å². The number of nitrogens with zero attached hydrogens (tertiary/aromatic N) is 4. The Hall–Kier alpha value is -2.28. The molecule has 1 unspecified atom stereocenters. The molecule has 0 fully saturated rings. The average Bonchev–Trinajstić information content (AvgIpc) is 3.10. The van der Waals surface area contributed by atoms with Gasteiger partial charge in [0, 0.05) is 11.9 Å². The molecule has 3 aromatic heterocycles. The van der Waals surface area contributed by atoms with Crippen LogP contribution in [-0.4, -0.2) is 25.5 Å². The molecule has 0 saturated heterocycles. The molecular weight excluding hydrogens is 310 g/mol. The zero-order valence-corrected chi connectivity index (χ0v) is 13.9. The molecule has 0 aromatic carbocycles. The lowest BCUT2D eigenvalue weighted by atomic mass is 9.98. The van der Waals surface area contributed by atoms with Crippen LogP contribution in [0, 0.1) is 13.8 Å². The first kappa shape index (κ1) is 14.3. The summed E-state index contributed by atoms with van der Waals surface area (Å²) in [5.74, 6) is -0.123. The largest absolute Gasteiger partial charge is 0.344 e. The van der Waals surface area contributed by atoms with E-state index in [1.165, 1.54) is 4.88 Å². The Morgan fingerprint density at radius 3 is 3.13 bits per heavy atom. The molecule has 1 N–H and O–H groups in total. The minimum atomic E-state index is -0.123. The highest BCUT2D eigenvalue weighted by atomic mass is 32.1. The number of aromatic nitrogens is 4. The van der Waals surface area contributed by atoms with E-state index in [-0.39, 0.29) is 11.9 Å². The van der Waals surface area contributed by atoms with Gasteiger partial charge in [0.1, 0.15) is 5.56 Å². The van der Waals surface area contributed by atoms with E-state index in [0.717, 1.165) is 35.7 Å². The van der Waals surface area contributed by atoms with Gasteiger partial charge >= 0.3 is 0 Å². The van der Waals surface area contributed by atoms with Gasteiger partial charge in [-0.3, -0.25) is 4.79 Å². The van der Waals surface area contributed by atoms with Crippen molar-refractivity contribution in [3.8, 4) is 0 Å². The highest BCUT2D eigenvalue weighted by molar-refractivity contribution is 7.11. The Labute approximate surface area is 137 Å². The Morgan fingerprint density at radius 2 is 2.26 bits per heavy atom. The van der Waals surface area contributed by atoms with Gasteiger partial charge in [0.25, 0.3) is 5.91 Å². The Kier molecular flexibility index (Phi) is 3.37. The van der Waals surface area contributed by atoms with Crippen LogP contribution in [0.25, 0.3) is 5.65 Å². The highest BCUT2D eigenvalue weighted by Gasteiger charge is 2.26. The summed E-state index contributed by atoms with van der Waals surface area (Å²) in [4.78, 5) is 22.9. The average molecular weight is 327 g/mol. The van der Waals surface area contributed by atoms with Crippen molar-refractivity contribution in [1.82, 2.24) is 24.9 Å². The van der Waals surface area contributed by atoms with Crippen molar-refractivity contribution < 1.29 is 4.79 Å². The molecule has 0 saturated carbocycles. The molecule has 3 heterocycles. The summed E-state index contributed by atoms with van der Waals surface area (Å²) in [6.07, 6.45) is 6.40. The number of hydrogen-bond donors (Lipinski definition) is 1. The molecule has 3 aromatic rings. The Morgan fingerprint density at radius 1 is 1.39 bits per heavy atom. The lowest BCUT2D eigenvalue weighted by Crippen LogP contribution is -2.30. The number of carbonyl (C=O) groups is 1. The summed E-state index contributed by atoms with van der Waals surface area (Å²) < 4.78 is 1.63. The molecule has 1 atom stereocenters. The van der Waals surface area contributed by atoms with Crippen molar-refractivity contribution in [3.05, 3.63) is 45.3 Å². The summed E-state index contributed by atoms with van der Waals surface area (Å²) in [7, 11) is 0. The van der Waals surface area contributed by atoms with Crippen molar-refractivity contribution in [2.24, 2.45) is 0 Å². The van der Waals surface area contributed by atoms with Crippen molar-refractivity contribution in [3.63, 3.8) is 0 Å². The van der Waals surface area contributed by atoms with Crippen molar-refractivity contribution in [1.29, 1.82) is 0 Å². The molecule has 6 nitrogen and oxygen atoms in total. The number of carbonyl (C=O) groups excluding carboxylic acids is 1. The van der Waals surface area contributed by atoms with Crippen LogP contribution in [0.15, 0.2) is 18.5 Å². The van der Waals surface area contributed by atoms with Gasteiger partial charge in [-0.1, -0.05) is 0 Å². The van der Waals surface area contributed by atoms with E-state index in [2.05, 4.69) is 20.4 Å². The lowest BCUT2D eigenvalue weighted by Gasteiger charge is -2.22. The van der Waals surface area contributed by atoms with E-state index in [9.17, 15) is 4.79 Å². The van der Waals surface area contributed by atoms with E-state index in [0.29, 0.717) is 11.2 Å². The lowest BCUT2D eigenvalue weighted by molar-refractivity contribution is 0.0935. The smallest absolute Gasteiger partial charge is 0.257 e. The van der Waals surface area contributed by atoms with E-state index in [1.807, 2.05) is 26.1 Å². The third-order valence-electron chi connectivity index (χ3n) is 4.12. The number of thiazole rings is 1. The van der Waals surface area contributed by atoms with Gasteiger partial charge in [0.2, 0.25) is 0 Å². The summed E-state index contributed by atoms with van der Waals surface area (Å²) in [5.41, 5.74) is 3.11. The molecule has 0 radical (unpaired) electrons. The second-order valence-electron chi connectivity index (χ2n) is 5.86. The van der Waals surface area contributed by atoms with Gasteiger partial charge in [-0.2, -0.15) is 5.10 Å². The maximum absolute atomic E-state index is 12.7. The number of fused-ring (bicyclic) bond motifs is 2. The fraction of sp³-hybridized carbons (Fsp3) is 0.375. The molecule has 4 rings (SSSR count). The second-order valence-corrected chi connectivity index (χ2v) is 7.09. The van der Waals surface area contributed by atoms with Gasteiger partial charge in [-0.25, -0.2) is 14.5 Å². The van der Waals surface area contributed by atoms with Gasteiger partial charge in [0.15, 0.2) is 5.65 Å². The van der Waals surface area contributed by atoms with Gasteiger partial charge in [-0.05, 0) is 39.2 Å². The first-order valence-corrected chi connectivity index (χ1v) is 8.51. The molecule has 1 aliphatic carbocycles. The van der Waals surface area contributed by atoms with Crippen LogP contribution < -0.4 is 5.32 Å². The van der Waals surface area contributed by atoms with E-state index in [4.69, 9.17) is 0 Å². The second kappa shape index (κ2) is 5.42. The molecule has 0 aliphatic heterocycles. The molecular formula is C16H17N5OS. The zero-order chi connectivity index (χ0) is 16.0. The monoisotopic (exact) mass is 327 g/mol.